The zero-order valence-corrected chi connectivity index (χ0v) is 9.51. The highest BCUT2D eigenvalue weighted by molar-refractivity contribution is 5.11. The Morgan fingerprint density at radius 3 is 2.94 bits per heavy atom. The van der Waals surface area contributed by atoms with Crippen molar-refractivity contribution in [3.8, 4) is 0 Å². The van der Waals surface area contributed by atoms with Gasteiger partial charge in [-0.2, -0.15) is 20.5 Å². The molecule has 0 aliphatic rings. The average Bonchev–Trinajstić information content (AvgIpc) is 2.96. The standard InChI is InChI=1S/C10H16N6/c1-3-16-7-8(5-13-16)4-9(11-2)10-6-12-15-14-10/h5-7,9,11H,3-4H2,1-2H3,(H,12,14,15). The molecule has 2 N–H and O–H groups in total. The van der Waals surface area contributed by atoms with Crippen LogP contribution < -0.4 is 5.32 Å². The maximum Gasteiger partial charge on any atom is 0.0997 e. The molecule has 0 fully saturated rings. The monoisotopic (exact) mass is 220 g/mol. The summed E-state index contributed by atoms with van der Waals surface area (Å²) in [6.07, 6.45) is 6.56. The number of aryl methyl sites for hydroxylation is 1. The zero-order chi connectivity index (χ0) is 11.4. The van der Waals surface area contributed by atoms with Crippen molar-refractivity contribution in [3.63, 3.8) is 0 Å². The van der Waals surface area contributed by atoms with Crippen LogP contribution in [0.5, 0.6) is 0 Å². The van der Waals surface area contributed by atoms with Gasteiger partial charge < -0.3 is 5.32 Å². The number of rotatable bonds is 5. The molecular formula is C10H16N6. The summed E-state index contributed by atoms with van der Waals surface area (Å²) in [7, 11) is 1.92. The number of hydrogen-bond acceptors (Lipinski definition) is 4. The number of hydrogen-bond donors (Lipinski definition) is 2. The molecule has 2 aromatic heterocycles. The lowest BCUT2D eigenvalue weighted by molar-refractivity contribution is 0.573. The van der Waals surface area contributed by atoms with E-state index in [4.69, 9.17) is 0 Å². The van der Waals surface area contributed by atoms with E-state index < -0.39 is 0 Å². The third kappa shape index (κ3) is 2.27. The molecule has 0 bridgehead atoms. The molecule has 6 heteroatoms. The lowest BCUT2D eigenvalue weighted by atomic mass is 10.1. The molecule has 16 heavy (non-hydrogen) atoms. The molecule has 2 heterocycles. The maximum absolute atomic E-state index is 4.25. The Bertz CT molecular complexity index is 418. The molecule has 0 aliphatic carbocycles. The van der Waals surface area contributed by atoms with Crippen molar-refractivity contribution in [1.29, 1.82) is 0 Å². The van der Waals surface area contributed by atoms with Crippen molar-refractivity contribution in [2.75, 3.05) is 7.05 Å². The molecule has 0 radical (unpaired) electrons. The van der Waals surface area contributed by atoms with Crippen molar-refractivity contribution in [1.82, 2.24) is 30.5 Å². The first-order chi connectivity index (χ1) is 7.83. The Morgan fingerprint density at radius 2 is 2.38 bits per heavy atom. The highest BCUT2D eigenvalue weighted by Crippen LogP contribution is 2.14. The number of aromatic nitrogens is 5. The quantitative estimate of drug-likeness (QED) is 0.770. The van der Waals surface area contributed by atoms with E-state index in [9.17, 15) is 0 Å². The third-order valence-corrected chi connectivity index (χ3v) is 2.59. The molecule has 86 valence electrons. The van der Waals surface area contributed by atoms with Crippen molar-refractivity contribution in [2.24, 2.45) is 0 Å². The van der Waals surface area contributed by atoms with Crippen LogP contribution in [0.2, 0.25) is 0 Å². The van der Waals surface area contributed by atoms with Crippen LogP contribution in [0.1, 0.15) is 24.2 Å². The summed E-state index contributed by atoms with van der Waals surface area (Å²) < 4.78 is 1.92. The average molecular weight is 220 g/mol. The first-order valence-electron chi connectivity index (χ1n) is 5.37. The van der Waals surface area contributed by atoms with Gasteiger partial charge in [-0.15, -0.1) is 0 Å². The van der Waals surface area contributed by atoms with Gasteiger partial charge in [0.1, 0.15) is 0 Å². The molecule has 1 atom stereocenters. The largest absolute Gasteiger partial charge is 0.311 e. The predicted molar refractivity (Wildman–Crippen MR) is 59.8 cm³/mol. The minimum Gasteiger partial charge on any atom is -0.311 e. The van der Waals surface area contributed by atoms with Crippen molar-refractivity contribution in [3.05, 3.63) is 29.8 Å². The molecule has 0 spiro atoms. The first kappa shape index (κ1) is 10.8. The van der Waals surface area contributed by atoms with Crippen LogP contribution in [-0.4, -0.2) is 32.2 Å². The van der Waals surface area contributed by atoms with Crippen LogP contribution in [-0.2, 0) is 13.0 Å². The predicted octanol–water partition coefficient (Wildman–Crippen LogP) is 0.524. The highest BCUT2D eigenvalue weighted by Gasteiger charge is 2.13. The number of aromatic amines is 1. The second kappa shape index (κ2) is 4.89. The summed E-state index contributed by atoms with van der Waals surface area (Å²) in [5.41, 5.74) is 2.12. The Hall–Kier alpha value is -1.69. The van der Waals surface area contributed by atoms with E-state index in [1.54, 1.807) is 6.20 Å². The molecule has 1 unspecified atom stereocenters. The summed E-state index contributed by atoms with van der Waals surface area (Å²) in [5.74, 6) is 0. The van der Waals surface area contributed by atoms with Crippen molar-refractivity contribution >= 4 is 0 Å². The van der Waals surface area contributed by atoms with Crippen LogP contribution in [0, 0.1) is 0 Å². The lowest BCUT2D eigenvalue weighted by Crippen LogP contribution is -2.19. The van der Waals surface area contributed by atoms with E-state index in [2.05, 4.69) is 38.9 Å². The van der Waals surface area contributed by atoms with Gasteiger partial charge in [-0.1, -0.05) is 0 Å². The summed E-state index contributed by atoms with van der Waals surface area (Å²) in [4.78, 5) is 0. The van der Waals surface area contributed by atoms with Crippen LogP contribution >= 0.6 is 0 Å². The van der Waals surface area contributed by atoms with Gasteiger partial charge in [0.2, 0.25) is 0 Å². The number of H-pyrrole nitrogens is 1. The third-order valence-electron chi connectivity index (χ3n) is 2.59. The molecule has 0 aromatic carbocycles. The lowest BCUT2D eigenvalue weighted by Gasteiger charge is -2.11. The first-order valence-corrected chi connectivity index (χ1v) is 5.37. The van der Waals surface area contributed by atoms with Gasteiger partial charge in [-0.3, -0.25) is 4.68 Å². The Balaban J connectivity index is 2.07. The SMILES string of the molecule is CCn1cc(CC(NC)c2cn[nH]n2)cn1. The molecule has 2 aromatic rings. The van der Waals surface area contributed by atoms with Gasteiger partial charge in [-0.05, 0) is 26.0 Å². The minimum absolute atomic E-state index is 0.174. The molecular weight excluding hydrogens is 204 g/mol. The summed E-state index contributed by atoms with van der Waals surface area (Å²) in [6, 6.07) is 0.174. The fourth-order valence-corrected chi connectivity index (χ4v) is 1.65. The molecule has 6 nitrogen and oxygen atoms in total. The van der Waals surface area contributed by atoms with E-state index in [1.807, 2.05) is 17.9 Å². The molecule has 0 saturated carbocycles. The Labute approximate surface area is 94.1 Å². The van der Waals surface area contributed by atoms with Gasteiger partial charge in [-0.25, -0.2) is 0 Å². The van der Waals surface area contributed by atoms with E-state index in [-0.39, 0.29) is 6.04 Å². The minimum atomic E-state index is 0.174. The summed E-state index contributed by atoms with van der Waals surface area (Å²) in [5, 5.41) is 18.0. The summed E-state index contributed by atoms with van der Waals surface area (Å²) in [6.45, 7) is 2.97. The van der Waals surface area contributed by atoms with Gasteiger partial charge in [0.25, 0.3) is 0 Å². The number of nitrogens with zero attached hydrogens (tertiary/aromatic N) is 4. The molecule has 0 aliphatic heterocycles. The Kier molecular flexibility index (Phi) is 3.31. The van der Waals surface area contributed by atoms with E-state index >= 15 is 0 Å². The van der Waals surface area contributed by atoms with Gasteiger partial charge >= 0.3 is 0 Å². The van der Waals surface area contributed by atoms with Crippen LogP contribution in [0.15, 0.2) is 18.6 Å². The molecule has 2 rings (SSSR count). The second-order valence-electron chi connectivity index (χ2n) is 3.64. The van der Waals surface area contributed by atoms with Crippen molar-refractivity contribution < 1.29 is 0 Å². The maximum atomic E-state index is 4.25. The fraction of sp³-hybridized carbons (Fsp3) is 0.500. The molecule has 0 saturated heterocycles. The van der Waals surface area contributed by atoms with Crippen LogP contribution in [0.25, 0.3) is 0 Å². The molecule has 0 amide bonds. The van der Waals surface area contributed by atoms with Crippen LogP contribution in [0.3, 0.4) is 0 Å². The normalized spacial score (nSPS) is 12.9. The van der Waals surface area contributed by atoms with Crippen molar-refractivity contribution in [2.45, 2.75) is 25.9 Å². The van der Waals surface area contributed by atoms with Crippen LogP contribution in [0.4, 0.5) is 0 Å². The van der Waals surface area contributed by atoms with Gasteiger partial charge in [0.05, 0.1) is 24.1 Å². The number of nitrogens with one attached hydrogen (secondary N) is 2. The fourth-order valence-electron chi connectivity index (χ4n) is 1.65. The second-order valence-corrected chi connectivity index (χ2v) is 3.64. The van der Waals surface area contributed by atoms with Gasteiger partial charge in [0.15, 0.2) is 0 Å². The Morgan fingerprint density at radius 1 is 1.50 bits per heavy atom. The van der Waals surface area contributed by atoms with E-state index in [1.165, 1.54) is 5.56 Å². The van der Waals surface area contributed by atoms with E-state index in [0.717, 1.165) is 18.7 Å². The summed E-state index contributed by atoms with van der Waals surface area (Å²) >= 11 is 0. The van der Waals surface area contributed by atoms with E-state index in [0.29, 0.717) is 0 Å². The van der Waals surface area contributed by atoms with Gasteiger partial charge in [0, 0.05) is 12.7 Å². The number of likely N-dealkylation sites (N-methyl/N-ethyl adjacent to an activating group) is 1. The topological polar surface area (TPSA) is 71.4 Å². The smallest absolute Gasteiger partial charge is 0.0997 e. The zero-order valence-electron chi connectivity index (χ0n) is 9.51. The highest BCUT2D eigenvalue weighted by atomic mass is 15.3.